The van der Waals surface area contributed by atoms with Gasteiger partial charge in [0.1, 0.15) is 0 Å². The summed E-state index contributed by atoms with van der Waals surface area (Å²) >= 11 is 5.78. The van der Waals surface area contributed by atoms with Crippen LogP contribution in [-0.2, 0) is 14.3 Å². The van der Waals surface area contributed by atoms with Crippen LogP contribution in [0.1, 0.15) is 6.42 Å². The number of amides is 1. The molecular weight excluding hydrogens is 242 g/mol. The Kier molecular flexibility index (Phi) is 3.33. The topological polar surface area (TPSA) is 46.6 Å². The molecule has 0 saturated carbocycles. The van der Waals surface area contributed by atoms with Gasteiger partial charge in [-0.25, -0.2) is 0 Å². The highest BCUT2D eigenvalue weighted by molar-refractivity contribution is 6.30. The summed E-state index contributed by atoms with van der Waals surface area (Å²) in [5.74, 6) is -0.777. The lowest BCUT2D eigenvalue weighted by Gasteiger charge is -2.16. The van der Waals surface area contributed by atoms with Crippen molar-refractivity contribution in [3.05, 3.63) is 29.3 Å². The van der Waals surface area contributed by atoms with Crippen LogP contribution in [0.2, 0.25) is 5.02 Å². The average molecular weight is 254 g/mol. The average Bonchev–Trinajstić information content (AvgIpc) is 2.71. The Morgan fingerprint density at radius 1 is 1.41 bits per heavy atom. The van der Waals surface area contributed by atoms with Gasteiger partial charge in [0.2, 0.25) is 5.91 Å². The van der Waals surface area contributed by atoms with Gasteiger partial charge in [-0.15, -0.1) is 0 Å². The molecule has 1 aromatic rings. The third-order valence-corrected chi connectivity index (χ3v) is 3.05. The molecule has 0 bridgehead atoms. The van der Waals surface area contributed by atoms with Gasteiger partial charge in [0.25, 0.3) is 0 Å². The van der Waals surface area contributed by atoms with Crippen molar-refractivity contribution in [2.75, 3.05) is 18.6 Å². The number of hydrogen-bond donors (Lipinski definition) is 0. The standard InChI is InChI=1S/C12H12ClNO3/c1-17-12(16)8-6-11(15)14(7-8)10-4-2-9(13)3-5-10/h2-5,8H,6-7H2,1H3. The molecule has 1 amide bonds. The lowest BCUT2D eigenvalue weighted by atomic mass is 10.1. The molecule has 4 nitrogen and oxygen atoms in total. The van der Waals surface area contributed by atoms with Crippen molar-refractivity contribution < 1.29 is 14.3 Å². The number of anilines is 1. The number of methoxy groups -OCH3 is 1. The fourth-order valence-electron chi connectivity index (χ4n) is 1.90. The van der Waals surface area contributed by atoms with Crippen molar-refractivity contribution in [2.24, 2.45) is 5.92 Å². The summed E-state index contributed by atoms with van der Waals surface area (Å²) in [4.78, 5) is 24.7. The first-order valence-corrected chi connectivity index (χ1v) is 5.63. The van der Waals surface area contributed by atoms with Crippen LogP contribution in [0.4, 0.5) is 5.69 Å². The lowest BCUT2D eigenvalue weighted by Crippen LogP contribution is -2.26. The first-order valence-electron chi connectivity index (χ1n) is 5.25. The summed E-state index contributed by atoms with van der Waals surface area (Å²) in [6.45, 7) is 0.368. The molecule has 90 valence electrons. The fourth-order valence-corrected chi connectivity index (χ4v) is 2.03. The minimum absolute atomic E-state index is 0.0669. The number of hydrogen-bond acceptors (Lipinski definition) is 3. The van der Waals surface area contributed by atoms with E-state index in [0.717, 1.165) is 5.69 Å². The minimum Gasteiger partial charge on any atom is -0.469 e. The Hall–Kier alpha value is -1.55. The molecule has 2 rings (SSSR count). The molecule has 0 spiro atoms. The van der Waals surface area contributed by atoms with Crippen molar-refractivity contribution in [3.63, 3.8) is 0 Å². The van der Waals surface area contributed by atoms with E-state index in [1.54, 1.807) is 29.2 Å². The zero-order valence-electron chi connectivity index (χ0n) is 9.35. The van der Waals surface area contributed by atoms with Crippen LogP contribution in [0.25, 0.3) is 0 Å². The van der Waals surface area contributed by atoms with E-state index in [4.69, 9.17) is 11.6 Å². The molecule has 1 aromatic carbocycles. The summed E-state index contributed by atoms with van der Waals surface area (Å²) in [5, 5.41) is 0.616. The van der Waals surface area contributed by atoms with Crippen LogP contribution in [0.15, 0.2) is 24.3 Å². The molecule has 1 aliphatic rings. The van der Waals surface area contributed by atoms with Crippen molar-refractivity contribution in [1.82, 2.24) is 0 Å². The van der Waals surface area contributed by atoms with E-state index in [-0.39, 0.29) is 24.2 Å². The number of nitrogens with zero attached hydrogens (tertiary/aromatic N) is 1. The van der Waals surface area contributed by atoms with Gasteiger partial charge >= 0.3 is 5.97 Å². The molecule has 1 saturated heterocycles. The van der Waals surface area contributed by atoms with E-state index in [1.807, 2.05) is 0 Å². The fraction of sp³-hybridized carbons (Fsp3) is 0.333. The van der Waals surface area contributed by atoms with Crippen molar-refractivity contribution in [2.45, 2.75) is 6.42 Å². The van der Waals surface area contributed by atoms with Crippen LogP contribution >= 0.6 is 11.6 Å². The molecule has 1 heterocycles. The zero-order chi connectivity index (χ0) is 12.4. The normalized spacial score (nSPS) is 19.5. The minimum atomic E-state index is -0.372. The van der Waals surface area contributed by atoms with Crippen LogP contribution in [-0.4, -0.2) is 25.5 Å². The van der Waals surface area contributed by atoms with Crippen molar-refractivity contribution in [1.29, 1.82) is 0 Å². The highest BCUT2D eigenvalue weighted by atomic mass is 35.5. The van der Waals surface area contributed by atoms with Gasteiger partial charge in [-0.3, -0.25) is 9.59 Å². The molecular formula is C12H12ClNO3. The maximum Gasteiger partial charge on any atom is 0.311 e. The summed E-state index contributed by atoms with van der Waals surface area (Å²) < 4.78 is 4.65. The number of ether oxygens (including phenoxy) is 1. The van der Waals surface area contributed by atoms with E-state index in [1.165, 1.54) is 7.11 Å². The quantitative estimate of drug-likeness (QED) is 0.756. The van der Waals surface area contributed by atoms with E-state index < -0.39 is 0 Å². The Bertz CT molecular complexity index is 444. The number of esters is 1. The van der Waals surface area contributed by atoms with Crippen molar-refractivity contribution in [3.8, 4) is 0 Å². The van der Waals surface area contributed by atoms with Gasteiger partial charge in [-0.1, -0.05) is 11.6 Å². The van der Waals surface area contributed by atoms with E-state index in [9.17, 15) is 9.59 Å². The third kappa shape index (κ3) is 2.42. The van der Waals surface area contributed by atoms with E-state index in [0.29, 0.717) is 11.6 Å². The molecule has 0 radical (unpaired) electrons. The maximum absolute atomic E-state index is 11.8. The van der Waals surface area contributed by atoms with E-state index >= 15 is 0 Å². The number of carbonyl (C=O) groups is 2. The summed E-state index contributed by atoms with van der Waals surface area (Å²) in [6.07, 6.45) is 0.204. The predicted octanol–water partition coefficient (Wildman–Crippen LogP) is 1.87. The van der Waals surface area contributed by atoms with Crippen LogP contribution in [0.3, 0.4) is 0 Å². The summed E-state index contributed by atoms with van der Waals surface area (Å²) in [5.41, 5.74) is 0.755. The molecule has 1 fully saturated rings. The zero-order valence-corrected chi connectivity index (χ0v) is 10.1. The number of benzene rings is 1. The molecule has 0 aromatic heterocycles. The summed E-state index contributed by atoms with van der Waals surface area (Å²) in [7, 11) is 1.33. The Morgan fingerprint density at radius 3 is 2.65 bits per heavy atom. The monoisotopic (exact) mass is 253 g/mol. The van der Waals surface area contributed by atoms with Gasteiger partial charge in [-0.2, -0.15) is 0 Å². The molecule has 1 atom stereocenters. The van der Waals surface area contributed by atoms with Gasteiger partial charge in [-0.05, 0) is 24.3 Å². The lowest BCUT2D eigenvalue weighted by molar-refractivity contribution is -0.145. The second kappa shape index (κ2) is 4.75. The highest BCUT2D eigenvalue weighted by Gasteiger charge is 2.35. The van der Waals surface area contributed by atoms with Crippen LogP contribution in [0.5, 0.6) is 0 Å². The van der Waals surface area contributed by atoms with Crippen LogP contribution in [0, 0.1) is 5.92 Å². The second-order valence-corrected chi connectivity index (χ2v) is 4.34. The smallest absolute Gasteiger partial charge is 0.311 e. The first kappa shape index (κ1) is 11.9. The molecule has 0 N–H and O–H groups in total. The third-order valence-electron chi connectivity index (χ3n) is 2.80. The number of halogens is 1. The van der Waals surface area contributed by atoms with Gasteiger partial charge < -0.3 is 9.64 Å². The van der Waals surface area contributed by atoms with Crippen molar-refractivity contribution >= 4 is 29.2 Å². The Balaban J connectivity index is 2.15. The number of rotatable bonds is 2. The molecule has 1 unspecified atom stereocenters. The largest absolute Gasteiger partial charge is 0.469 e. The second-order valence-electron chi connectivity index (χ2n) is 3.90. The van der Waals surface area contributed by atoms with E-state index in [2.05, 4.69) is 4.74 Å². The maximum atomic E-state index is 11.8. The Labute approximate surface area is 104 Å². The SMILES string of the molecule is COC(=O)C1CC(=O)N(c2ccc(Cl)cc2)C1. The predicted molar refractivity (Wildman–Crippen MR) is 63.9 cm³/mol. The molecule has 0 aliphatic carbocycles. The van der Waals surface area contributed by atoms with Gasteiger partial charge in [0.05, 0.1) is 13.0 Å². The highest BCUT2D eigenvalue weighted by Crippen LogP contribution is 2.26. The molecule has 17 heavy (non-hydrogen) atoms. The Morgan fingerprint density at radius 2 is 2.06 bits per heavy atom. The first-order chi connectivity index (χ1) is 8.11. The van der Waals surface area contributed by atoms with Crippen LogP contribution < -0.4 is 4.90 Å². The molecule has 5 heteroatoms. The van der Waals surface area contributed by atoms with Gasteiger partial charge in [0, 0.05) is 23.7 Å². The number of carbonyl (C=O) groups excluding carboxylic acids is 2. The van der Waals surface area contributed by atoms with Gasteiger partial charge in [0.15, 0.2) is 0 Å². The molecule has 1 aliphatic heterocycles. The summed E-state index contributed by atoms with van der Waals surface area (Å²) in [6, 6.07) is 6.96.